The fourth-order valence-corrected chi connectivity index (χ4v) is 2.59. The number of rotatable bonds is 4. The zero-order valence-electron chi connectivity index (χ0n) is 11.7. The van der Waals surface area contributed by atoms with Crippen LogP contribution in [0.1, 0.15) is 30.6 Å². The molecule has 0 aliphatic carbocycles. The van der Waals surface area contributed by atoms with Gasteiger partial charge in [0.1, 0.15) is 6.10 Å². The van der Waals surface area contributed by atoms with Crippen LogP contribution in [0.25, 0.3) is 0 Å². The van der Waals surface area contributed by atoms with Crippen LogP contribution in [0, 0.1) is 5.92 Å². The van der Waals surface area contributed by atoms with E-state index in [4.69, 9.17) is 9.47 Å². The van der Waals surface area contributed by atoms with E-state index < -0.39 is 0 Å². The fraction of sp³-hybridized carbons (Fsp3) is 0.333. The highest BCUT2D eigenvalue weighted by Gasteiger charge is 2.27. The lowest BCUT2D eigenvalue weighted by Crippen LogP contribution is -2.16. The predicted octanol–water partition coefficient (Wildman–Crippen LogP) is 4.18. The molecule has 1 saturated heterocycles. The van der Waals surface area contributed by atoms with Gasteiger partial charge in [-0.05, 0) is 17.0 Å². The molecular weight excluding hydrogens is 248 g/mol. The fourth-order valence-electron chi connectivity index (χ4n) is 2.59. The van der Waals surface area contributed by atoms with Crippen LogP contribution in [-0.2, 0) is 9.47 Å². The van der Waals surface area contributed by atoms with Crippen molar-refractivity contribution in [1.82, 2.24) is 0 Å². The second-order valence-electron chi connectivity index (χ2n) is 5.44. The molecule has 1 fully saturated rings. The van der Waals surface area contributed by atoms with Gasteiger partial charge in [-0.2, -0.15) is 0 Å². The molecule has 0 saturated carbocycles. The third kappa shape index (κ3) is 3.09. The molecule has 3 rings (SSSR count). The maximum absolute atomic E-state index is 6.23. The molecule has 0 aromatic heterocycles. The Labute approximate surface area is 120 Å². The zero-order chi connectivity index (χ0) is 13.8. The van der Waals surface area contributed by atoms with E-state index in [0.717, 1.165) is 13.0 Å². The molecule has 2 aromatic carbocycles. The van der Waals surface area contributed by atoms with E-state index in [2.05, 4.69) is 31.2 Å². The summed E-state index contributed by atoms with van der Waals surface area (Å²) in [4.78, 5) is 0. The minimum atomic E-state index is -0.101. The van der Waals surface area contributed by atoms with Gasteiger partial charge in [0, 0.05) is 6.42 Å². The molecule has 2 heteroatoms. The summed E-state index contributed by atoms with van der Waals surface area (Å²) in [6, 6.07) is 20.7. The second kappa shape index (κ2) is 6.21. The highest BCUT2D eigenvalue weighted by Crippen LogP contribution is 2.31. The standard InChI is InChI=1S/C18H20O2/c1-14-12-17(19-13-14)20-18(15-8-4-2-5-9-15)16-10-6-3-7-11-16/h2-11,14,17-18H,12-13H2,1H3/t14-,17?/m1/s1. The maximum Gasteiger partial charge on any atom is 0.159 e. The van der Waals surface area contributed by atoms with Crippen LogP contribution >= 0.6 is 0 Å². The van der Waals surface area contributed by atoms with Crippen molar-refractivity contribution in [3.05, 3.63) is 71.8 Å². The Kier molecular flexibility index (Phi) is 4.14. The van der Waals surface area contributed by atoms with Gasteiger partial charge in [0.05, 0.1) is 6.61 Å². The summed E-state index contributed by atoms with van der Waals surface area (Å²) in [7, 11) is 0. The maximum atomic E-state index is 6.23. The van der Waals surface area contributed by atoms with Crippen LogP contribution in [0.4, 0.5) is 0 Å². The number of hydrogen-bond donors (Lipinski definition) is 0. The van der Waals surface area contributed by atoms with E-state index in [0.29, 0.717) is 5.92 Å². The summed E-state index contributed by atoms with van der Waals surface area (Å²) in [5.41, 5.74) is 2.34. The topological polar surface area (TPSA) is 18.5 Å². The van der Waals surface area contributed by atoms with Crippen LogP contribution in [0.15, 0.2) is 60.7 Å². The van der Waals surface area contributed by atoms with Crippen molar-refractivity contribution in [3.8, 4) is 0 Å². The Morgan fingerprint density at radius 1 is 0.950 bits per heavy atom. The highest BCUT2D eigenvalue weighted by molar-refractivity contribution is 5.29. The molecule has 0 N–H and O–H groups in total. The van der Waals surface area contributed by atoms with Crippen molar-refractivity contribution in [2.75, 3.05) is 6.61 Å². The first-order valence-corrected chi connectivity index (χ1v) is 7.20. The monoisotopic (exact) mass is 268 g/mol. The van der Waals surface area contributed by atoms with E-state index >= 15 is 0 Å². The first kappa shape index (κ1) is 13.3. The van der Waals surface area contributed by atoms with Crippen molar-refractivity contribution in [2.24, 2.45) is 5.92 Å². The Balaban J connectivity index is 1.84. The molecule has 0 spiro atoms. The van der Waals surface area contributed by atoms with Gasteiger partial charge in [-0.15, -0.1) is 0 Å². The van der Waals surface area contributed by atoms with Gasteiger partial charge >= 0.3 is 0 Å². The van der Waals surface area contributed by atoms with Gasteiger partial charge in [-0.3, -0.25) is 0 Å². The van der Waals surface area contributed by atoms with Gasteiger partial charge in [0.15, 0.2) is 6.29 Å². The van der Waals surface area contributed by atoms with Gasteiger partial charge in [-0.25, -0.2) is 0 Å². The molecule has 0 radical (unpaired) electrons. The summed E-state index contributed by atoms with van der Waals surface area (Å²) < 4.78 is 11.9. The predicted molar refractivity (Wildman–Crippen MR) is 79.3 cm³/mol. The van der Waals surface area contributed by atoms with E-state index in [1.165, 1.54) is 11.1 Å². The molecule has 20 heavy (non-hydrogen) atoms. The molecule has 2 atom stereocenters. The Morgan fingerprint density at radius 2 is 1.50 bits per heavy atom. The Morgan fingerprint density at radius 3 is 1.95 bits per heavy atom. The molecule has 1 aliphatic rings. The third-order valence-corrected chi connectivity index (χ3v) is 3.65. The van der Waals surface area contributed by atoms with Crippen molar-refractivity contribution in [2.45, 2.75) is 25.7 Å². The quantitative estimate of drug-likeness (QED) is 0.828. The average Bonchev–Trinajstić information content (AvgIpc) is 2.92. The van der Waals surface area contributed by atoms with Crippen molar-refractivity contribution < 1.29 is 9.47 Å². The number of benzene rings is 2. The normalized spacial score (nSPS) is 22.3. The van der Waals surface area contributed by atoms with Crippen molar-refractivity contribution in [3.63, 3.8) is 0 Å². The third-order valence-electron chi connectivity index (χ3n) is 3.65. The summed E-state index contributed by atoms with van der Waals surface area (Å²) >= 11 is 0. The van der Waals surface area contributed by atoms with E-state index in [1.807, 2.05) is 36.4 Å². The molecule has 2 nitrogen and oxygen atoms in total. The van der Waals surface area contributed by atoms with E-state index in [1.54, 1.807) is 0 Å². The first-order chi connectivity index (χ1) is 9.83. The molecule has 2 aromatic rings. The van der Waals surface area contributed by atoms with Gasteiger partial charge in [0.2, 0.25) is 0 Å². The molecule has 1 unspecified atom stereocenters. The lowest BCUT2D eigenvalue weighted by molar-refractivity contribution is -0.134. The zero-order valence-corrected chi connectivity index (χ0v) is 11.7. The lowest BCUT2D eigenvalue weighted by atomic mass is 10.0. The summed E-state index contributed by atoms with van der Waals surface area (Å²) in [5, 5.41) is 0. The van der Waals surface area contributed by atoms with Crippen LogP contribution in [-0.4, -0.2) is 12.9 Å². The van der Waals surface area contributed by atoms with Crippen molar-refractivity contribution >= 4 is 0 Å². The molecular formula is C18H20O2. The molecule has 0 bridgehead atoms. The highest BCUT2D eigenvalue weighted by atomic mass is 16.7. The van der Waals surface area contributed by atoms with Gasteiger partial charge in [0.25, 0.3) is 0 Å². The summed E-state index contributed by atoms with van der Waals surface area (Å²) in [6.45, 7) is 2.99. The second-order valence-corrected chi connectivity index (χ2v) is 5.44. The molecule has 104 valence electrons. The largest absolute Gasteiger partial charge is 0.352 e. The molecule has 1 aliphatic heterocycles. The van der Waals surface area contributed by atoms with Gasteiger partial charge in [-0.1, -0.05) is 67.6 Å². The van der Waals surface area contributed by atoms with Crippen LogP contribution in [0.5, 0.6) is 0 Å². The average molecular weight is 268 g/mol. The molecule has 1 heterocycles. The van der Waals surface area contributed by atoms with Gasteiger partial charge < -0.3 is 9.47 Å². The van der Waals surface area contributed by atoms with Crippen LogP contribution in [0.2, 0.25) is 0 Å². The Bertz CT molecular complexity index is 484. The minimum Gasteiger partial charge on any atom is -0.352 e. The minimum absolute atomic E-state index is 0.0623. The van der Waals surface area contributed by atoms with Crippen LogP contribution < -0.4 is 0 Å². The summed E-state index contributed by atoms with van der Waals surface area (Å²) in [5.74, 6) is 0.576. The van der Waals surface area contributed by atoms with E-state index in [9.17, 15) is 0 Å². The van der Waals surface area contributed by atoms with Crippen molar-refractivity contribution in [1.29, 1.82) is 0 Å². The number of hydrogen-bond acceptors (Lipinski definition) is 2. The number of ether oxygens (including phenoxy) is 2. The van der Waals surface area contributed by atoms with Crippen LogP contribution in [0.3, 0.4) is 0 Å². The lowest BCUT2D eigenvalue weighted by Gasteiger charge is -2.22. The smallest absolute Gasteiger partial charge is 0.159 e. The van der Waals surface area contributed by atoms with E-state index in [-0.39, 0.29) is 12.4 Å². The molecule has 0 amide bonds. The summed E-state index contributed by atoms with van der Waals surface area (Å²) in [6.07, 6.45) is 0.805. The SMILES string of the molecule is C[C@H]1COC(OC(c2ccccc2)c2ccccc2)C1. The Hall–Kier alpha value is -1.64. The first-order valence-electron chi connectivity index (χ1n) is 7.20.